The molecule has 0 aromatic heterocycles. The second-order valence-corrected chi connectivity index (χ2v) is 10.1. The van der Waals surface area contributed by atoms with Gasteiger partial charge in [0.1, 0.15) is 5.84 Å². The average Bonchev–Trinajstić information content (AvgIpc) is 2.91. The van der Waals surface area contributed by atoms with Gasteiger partial charge < -0.3 is 20.1 Å². The number of nitrogens with one attached hydrogen (secondary N) is 2. The van der Waals surface area contributed by atoms with Gasteiger partial charge in [-0.15, -0.1) is 4.40 Å². The molecule has 0 aliphatic heterocycles. The molecule has 1 aliphatic rings. The van der Waals surface area contributed by atoms with Crippen LogP contribution in [0.25, 0.3) is 0 Å². The van der Waals surface area contributed by atoms with E-state index in [-0.39, 0.29) is 41.0 Å². The second kappa shape index (κ2) is 11.3. The van der Waals surface area contributed by atoms with Gasteiger partial charge in [0.05, 0.1) is 24.8 Å². The number of fused-ring (bicyclic) bond motifs is 1. The Morgan fingerprint density at radius 1 is 0.895 bits per heavy atom. The minimum atomic E-state index is -4.03. The fraction of sp³-hybridized carbons (Fsp3) is 0.179. The van der Waals surface area contributed by atoms with Gasteiger partial charge in [-0.1, -0.05) is 42.0 Å². The molecule has 0 bridgehead atoms. The minimum absolute atomic E-state index is 0.0510. The van der Waals surface area contributed by atoms with Crippen molar-refractivity contribution in [2.75, 3.05) is 26.1 Å². The molecule has 0 atom stereocenters. The molecule has 1 aliphatic carbocycles. The van der Waals surface area contributed by atoms with Crippen LogP contribution in [0, 0.1) is 6.92 Å². The molecule has 3 aromatic carbocycles. The topological polar surface area (TPSA) is 123 Å². The van der Waals surface area contributed by atoms with E-state index in [1.165, 1.54) is 32.4 Å². The van der Waals surface area contributed by atoms with Crippen LogP contribution >= 0.6 is 0 Å². The van der Waals surface area contributed by atoms with Gasteiger partial charge in [0.25, 0.3) is 10.0 Å². The molecule has 196 valence electrons. The molecule has 10 heteroatoms. The average molecular weight is 534 g/mol. The quantitative estimate of drug-likeness (QED) is 0.311. The van der Waals surface area contributed by atoms with Gasteiger partial charge >= 0.3 is 0 Å². The van der Waals surface area contributed by atoms with Crippen molar-refractivity contribution in [1.82, 2.24) is 5.32 Å². The number of Topliss-reactive ketones (excluding diaryl/α,β-unsaturated/α-hetero) is 1. The van der Waals surface area contributed by atoms with Gasteiger partial charge in [-0.2, -0.15) is 8.42 Å². The summed E-state index contributed by atoms with van der Waals surface area (Å²) in [5, 5.41) is 6.00. The Morgan fingerprint density at radius 2 is 1.58 bits per heavy atom. The molecule has 0 radical (unpaired) electrons. The Kier molecular flexibility index (Phi) is 7.92. The first-order valence-corrected chi connectivity index (χ1v) is 13.2. The van der Waals surface area contributed by atoms with Crippen molar-refractivity contribution >= 4 is 33.1 Å². The standard InChI is InChI=1S/C28H27N3O6S/c1-18-8-11-20(12-9-18)38(34,35)31-27(30-19-10-13-25(36-2)26(16-19)37-3)14-15-29-23-17-24(32)21-6-4-5-7-22(21)28(23)33/h4-13,16-17,29H,14-15H2,1-3H3,(H,30,31). The Balaban J connectivity index is 1.58. The third-order valence-corrected chi connectivity index (χ3v) is 7.18. The summed E-state index contributed by atoms with van der Waals surface area (Å²) in [6.45, 7) is 2.00. The third kappa shape index (κ3) is 5.92. The zero-order chi connectivity index (χ0) is 27.3. The summed E-state index contributed by atoms with van der Waals surface area (Å²) in [7, 11) is -1.02. The number of ether oxygens (including phenoxy) is 2. The normalized spacial score (nSPS) is 13.4. The Hall–Kier alpha value is -4.44. The van der Waals surface area contributed by atoms with Crippen molar-refractivity contribution in [2.45, 2.75) is 18.2 Å². The molecule has 0 saturated carbocycles. The highest BCUT2D eigenvalue weighted by Crippen LogP contribution is 2.30. The Bertz CT molecular complexity index is 1540. The van der Waals surface area contributed by atoms with Crippen LogP contribution in [0.5, 0.6) is 11.5 Å². The van der Waals surface area contributed by atoms with E-state index in [0.717, 1.165) is 5.56 Å². The van der Waals surface area contributed by atoms with Gasteiger partial charge in [0.15, 0.2) is 17.3 Å². The summed E-state index contributed by atoms with van der Waals surface area (Å²) in [6.07, 6.45) is 1.35. The number of allylic oxidation sites excluding steroid dienone is 2. The number of carbonyl (C=O) groups is 2. The lowest BCUT2D eigenvalue weighted by Gasteiger charge is -2.17. The van der Waals surface area contributed by atoms with E-state index >= 15 is 0 Å². The number of carbonyl (C=O) groups excluding carboxylic acids is 2. The van der Waals surface area contributed by atoms with Crippen molar-refractivity contribution in [3.05, 3.63) is 95.2 Å². The van der Waals surface area contributed by atoms with Crippen molar-refractivity contribution in [2.24, 2.45) is 4.40 Å². The fourth-order valence-corrected chi connectivity index (χ4v) is 4.89. The van der Waals surface area contributed by atoms with Crippen LogP contribution < -0.4 is 20.1 Å². The molecule has 0 amide bonds. The van der Waals surface area contributed by atoms with Crippen LogP contribution in [0.4, 0.5) is 5.69 Å². The minimum Gasteiger partial charge on any atom is -0.493 e. The number of hydrogen-bond acceptors (Lipinski definition) is 7. The highest BCUT2D eigenvalue weighted by Gasteiger charge is 2.25. The number of nitrogens with zero attached hydrogens (tertiary/aromatic N) is 1. The number of sulfonamides is 1. The lowest BCUT2D eigenvalue weighted by molar-refractivity contribution is 0.0978. The highest BCUT2D eigenvalue weighted by molar-refractivity contribution is 7.90. The van der Waals surface area contributed by atoms with E-state index in [0.29, 0.717) is 28.3 Å². The van der Waals surface area contributed by atoms with Gasteiger partial charge in [-0.25, -0.2) is 0 Å². The summed E-state index contributed by atoms with van der Waals surface area (Å²) in [4.78, 5) is 25.4. The number of rotatable bonds is 9. The van der Waals surface area contributed by atoms with E-state index in [1.807, 2.05) is 6.92 Å². The van der Waals surface area contributed by atoms with E-state index in [9.17, 15) is 18.0 Å². The lowest BCUT2D eigenvalue weighted by atomic mass is 9.93. The molecule has 3 aromatic rings. The molecule has 9 nitrogen and oxygen atoms in total. The zero-order valence-corrected chi connectivity index (χ0v) is 22.0. The Labute approximate surface area is 221 Å². The number of amidine groups is 1. The predicted octanol–water partition coefficient (Wildman–Crippen LogP) is 4.15. The molecule has 0 fully saturated rings. The van der Waals surface area contributed by atoms with Crippen LogP contribution in [0.15, 0.2) is 87.8 Å². The van der Waals surface area contributed by atoms with Gasteiger partial charge in [0.2, 0.25) is 5.78 Å². The molecule has 0 saturated heterocycles. The maximum Gasteiger partial charge on any atom is 0.283 e. The van der Waals surface area contributed by atoms with Gasteiger partial charge in [-0.05, 0) is 31.2 Å². The van der Waals surface area contributed by atoms with Gasteiger partial charge in [0, 0.05) is 41.9 Å². The van der Waals surface area contributed by atoms with E-state index < -0.39 is 10.0 Å². The summed E-state index contributed by atoms with van der Waals surface area (Å²) in [5.74, 6) is 0.506. The Morgan fingerprint density at radius 3 is 2.26 bits per heavy atom. The summed E-state index contributed by atoms with van der Waals surface area (Å²) < 4.78 is 40.8. The number of anilines is 1. The van der Waals surface area contributed by atoms with Crippen LogP contribution in [0.1, 0.15) is 32.7 Å². The number of methoxy groups -OCH3 is 2. The first-order chi connectivity index (χ1) is 18.2. The molecule has 0 heterocycles. The van der Waals surface area contributed by atoms with Crippen molar-refractivity contribution in [3.63, 3.8) is 0 Å². The maximum absolute atomic E-state index is 13.1. The predicted molar refractivity (Wildman–Crippen MR) is 145 cm³/mol. The van der Waals surface area contributed by atoms with E-state index in [4.69, 9.17) is 9.47 Å². The maximum atomic E-state index is 13.1. The first kappa shape index (κ1) is 26.6. The molecule has 38 heavy (non-hydrogen) atoms. The molecule has 4 rings (SSSR count). The molecule has 0 spiro atoms. The first-order valence-electron chi connectivity index (χ1n) is 11.7. The van der Waals surface area contributed by atoms with Crippen molar-refractivity contribution in [1.29, 1.82) is 0 Å². The SMILES string of the molecule is COc1ccc(NC(CCNC2=CC(=O)c3ccccc3C2=O)=NS(=O)(=O)c2ccc(C)cc2)cc1OC. The van der Waals surface area contributed by atoms with Crippen LogP contribution in [-0.2, 0) is 10.0 Å². The number of hydrogen-bond donors (Lipinski definition) is 2. The number of benzene rings is 3. The van der Waals surface area contributed by atoms with Crippen LogP contribution in [0.3, 0.4) is 0 Å². The largest absolute Gasteiger partial charge is 0.493 e. The summed E-state index contributed by atoms with van der Waals surface area (Å²) >= 11 is 0. The van der Waals surface area contributed by atoms with Crippen molar-refractivity contribution in [3.8, 4) is 11.5 Å². The molecule has 2 N–H and O–H groups in total. The second-order valence-electron chi connectivity index (χ2n) is 8.49. The highest BCUT2D eigenvalue weighted by atomic mass is 32.2. The molecular formula is C28H27N3O6S. The number of aryl methyl sites for hydroxylation is 1. The smallest absolute Gasteiger partial charge is 0.283 e. The monoisotopic (exact) mass is 533 g/mol. The van der Waals surface area contributed by atoms with Gasteiger partial charge in [-0.3, -0.25) is 9.59 Å². The summed E-state index contributed by atoms with van der Waals surface area (Å²) in [5.41, 5.74) is 2.26. The zero-order valence-electron chi connectivity index (χ0n) is 21.1. The molecule has 0 unspecified atom stereocenters. The van der Waals surface area contributed by atoms with E-state index in [2.05, 4.69) is 15.0 Å². The molecular weight excluding hydrogens is 506 g/mol. The fourth-order valence-electron chi connectivity index (χ4n) is 3.88. The number of ketones is 2. The van der Waals surface area contributed by atoms with Crippen molar-refractivity contribution < 1.29 is 27.5 Å². The summed E-state index contributed by atoms with van der Waals surface area (Å²) in [6, 6.07) is 18.0. The third-order valence-electron chi connectivity index (χ3n) is 5.86. The van der Waals surface area contributed by atoms with Crippen LogP contribution in [-0.4, -0.2) is 46.6 Å². The lowest BCUT2D eigenvalue weighted by Crippen LogP contribution is -2.29. The van der Waals surface area contributed by atoms with Crippen LogP contribution in [0.2, 0.25) is 0 Å². The van der Waals surface area contributed by atoms with E-state index in [1.54, 1.807) is 54.6 Å².